The molecule has 7 aromatic rings. The first-order valence-corrected chi connectivity index (χ1v) is 15.8. The zero-order valence-electron chi connectivity index (χ0n) is 25.7. The van der Waals surface area contributed by atoms with E-state index >= 15 is 0 Å². The fourth-order valence-electron chi connectivity index (χ4n) is 7.46. The Kier molecular flexibility index (Phi) is 6.58. The second kappa shape index (κ2) is 10.9. The van der Waals surface area contributed by atoms with Crippen molar-refractivity contribution in [1.82, 2.24) is 0 Å². The Hall–Kier alpha value is -5.46. The summed E-state index contributed by atoms with van der Waals surface area (Å²) in [7, 11) is 0. The van der Waals surface area contributed by atoms with Crippen molar-refractivity contribution >= 4 is 0 Å². The van der Waals surface area contributed by atoms with Gasteiger partial charge in [0.2, 0.25) is 0 Å². The molecule has 1 aliphatic carbocycles. The predicted octanol–water partition coefficient (Wildman–Crippen LogP) is 11.7. The van der Waals surface area contributed by atoms with Crippen molar-refractivity contribution in [2.45, 2.75) is 19.3 Å². The lowest BCUT2D eigenvalue weighted by Gasteiger charge is -2.36. The number of fused-ring (bicyclic) bond motifs is 3. The van der Waals surface area contributed by atoms with E-state index < -0.39 is 5.41 Å². The van der Waals surface area contributed by atoms with Crippen LogP contribution in [0.1, 0.15) is 33.4 Å². The van der Waals surface area contributed by atoms with Crippen LogP contribution in [0.2, 0.25) is 0 Å². The maximum Gasteiger partial charge on any atom is 0.0719 e. The quantitative estimate of drug-likeness (QED) is 0.192. The summed E-state index contributed by atoms with van der Waals surface area (Å²) in [4.78, 5) is 0. The molecule has 8 rings (SSSR count). The molecular weight excluding hydrogens is 540 g/mol. The first-order chi connectivity index (χ1) is 22.2. The van der Waals surface area contributed by atoms with Crippen LogP contribution in [0.3, 0.4) is 0 Å². The SMILES string of the molecule is Cc1ccc(-c2ccc3c(c2)C(c2ccccc2)(c2ccccc2-c2ccccc2)c2cccc(-c4ccccc4)c2-3)cc1C. The molecule has 1 aliphatic rings. The summed E-state index contributed by atoms with van der Waals surface area (Å²) < 4.78 is 0. The van der Waals surface area contributed by atoms with Gasteiger partial charge in [0.05, 0.1) is 5.41 Å². The highest BCUT2D eigenvalue weighted by atomic mass is 14.5. The van der Waals surface area contributed by atoms with Gasteiger partial charge in [-0.2, -0.15) is 0 Å². The maximum absolute atomic E-state index is 2.48. The molecule has 7 aromatic carbocycles. The molecule has 0 heterocycles. The molecule has 0 radical (unpaired) electrons. The van der Waals surface area contributed by atoms with E-state index in [-0.39, 0.29) is 0 Å². The van der Waals surface area contributed by atoms with Crippen molar-refractivity contribution in [3.05, 3.63) is 203 Å². The lowest BCUT2D eigenvalue weighted by atomic mass is 9.65. The molecule has 45 heavy (non-hydrogen) atoms. The predicted molar refractivity (Wildman–Crippen MR) is 190 cm³/mol. The maximum atomic E-state index is 2.48. The lowest BCUT2D eigenvalue weighted by molar-refractivity contribution is 0.771. The number of aryl methyl sites for hydroxylation is 2. The standard InChI is InChI=1S/C45H34/c1-31-25-26-35(29-32(31)2)36-27-28-40-43(30-36)45(37-19-10-5-11-20-37,41-23-13-12-21-38(41)33-15-6-3-7-16-33)42-24-14-22-39(44(40)42)34-17-8-4-9-18-34/h3-30H,1-2H3. The molecule has 0 saturated heterocycles. The molecule has 0 bridgehead atoms. The van der Waals surface area contributed by atoms with Gasteiger partial charge in [-0.3, -0.25) is 0 Å². The summed E-state index contributed by atoms with van der Waals surface area (Å²) in [6.45, 7) is 4.39. The molecule has 0 nitrogen and oxygen atoms in total. The van der Waals surface area contributed by atoms with Gasteiger partial charge in [-0.15, -0.1) is 0 Å². The monoisotopic (exact) mass is 574 g/mol. The highest BCUT2D eigenvalue weighted by Gasteiger charge is 2.48. The van der Waals surface area contributed by atoms with Crippen LogP contribution >= 0.6 is 0 Å². The van der Waals surface area contributed by atoms with E-state index in [1.165, 1.54) is 77.9 Å². The lowest BCUT2D eigenvalue weighted by Crippen LogP contribution is -2.29. The third-order valence-corrected chi connectivity index (χ3v) is 9.71. The Morgan fingerprint density at radius 1 is 0.333 bits per heavy atom. The van der Waals surface area contributed by atoms with Gasteiger partial charge in [0.25, 0.3) is 0 Å². The van der Waals surface area contributed by atoms with Crippen LogP contribution in [-0.4, -0.2) is 0 Å². The van der Waals surface area contributed by atoms with Gasteiger partial charge >= 0.3 is 0 Å². The molecule has 214 valence electrons. The summed E-state index contributed by atoms with van der Waals surface area (Å²) in [5, 5.41) is 0. The molecule has 0 saturated carbocycles. The van der Waals surface area contributed by atoms with Crippen molar-refractivity contribution in [3.63, 3.8) is 0 Å². The van der Waals surface area contributed by atoms with Crippen molar-refractivity contribution in [1.29, 1.82) is 0 Å². The second-order valence-corrected chi connectivity index (χ2v) is 12.2. The second-order valence-electron chi connectivity index (χ2n) is 12.2. The first kappa shape index (κ1) is 27.1. The van der Waals surface area contributed by atoms with Crippen molar-refractivity contribution in [2.75, 3.05) is 0 Å². The van der Waals surface area contributed by atoms with Crippen LogP contribution in [0.15, 0.2) is 170 Å². The zero-order chi connectivity index (χ0) is 30.4. The molecule has 0 spiro atoms. The molecule has 1 unspecified atom stereocenters. The smallest absolute Gasteiger partial charge is 0.0622 e. The van der Waals surface area contributed by atoms with E-state index in [1.807, 2.05) is 0 Å². The Morgan fingerprint density at radius 2 is 0.889 bits per heavy atom. The summed E-state index contributed by atoms with van der Waals surface area (Å²) in [5.41, 5.74) is 17.4. The average Bonchev–Trinajstić information content (AvgIpc) is 3.41. The van der Waals surface area contributed by atoms with Crippen LogP contribution in [0.5, 0.6) is 0 Å². The molecule has 1 atom stereocenters. The topological polar surface area (TPSA) is 0 Å². The van der Waals surface area contributed by atoms with Crippen LogP contribution < -0.4 is 0 Å². The van der Waals surface area contributed by atoms with E-state index in [4.69, 9.17) is 0 Å². The molecule has 0 heteroatoms. The fourth-order valence-corrected chi connectivity index (χ4v) is 7.46. The van der Waals surface area contributed by atoms with Crippen molar-refractivity contribution in [3.8, 4) is 44.5 Å². The molecule has 0 N–H and O–H groups in total. The van der Waals surface area contributed by atoms with Gasteiger partial charge in [-0.05, 0) is 97.8 Å². The molecule has 0 aliphatic heterocycles. The Morgan fingerprint density at radius 3 is 1.60 bits per heavy atom. The van der Waals surface area contributed by atoms with E-state index in [2.05, 4.69) is 184 Å². The summed E-state index contributed by atoms with van der Waals surface area (Å²) in [5.74, 6) is 0. The summed E-state index contributed by atoms with van der Waals surface area (Å²) in [6, 6.07) is 62.8. The number of hydrogen-bond acceptors (Lipinski definition) is 0. The Labute approximate surface area is 266 Å². The average molecular weight is 575 g/mol. The fraction of sp³-hybridized carbons (Fsp3) is 0.0667. The third kappa shape index (κ3) is 4.29. The van der Waals surface area contributed by atoms with Crippen molar-refractivity contribution < 1.29 is 0 Å². The number of benzene rings is 7. The third-order valence-electron chi connectivity index (χ3n) is 9.71. The van der Waals surface area contributed by atoms with Crippen LogP contribution in [-0.2, 0) is 5.41 Å². The zero-order valence-corrected chi connectivity index (χ0v) is 25.7. The minimum Gasteiger partial charge on any atom is -0.0622 e. The normalized spacial score (nSPS) is 15.0. The van der Waals surface area contributed by atoms with E-state index in [1.54, 1.807) is 0 Å². The van der Waals surface area contributed by atoms with Crippen LogP contribution in [0, 0.1) is 13.8 Å². The van der Waals surface area contributed by atoms with Gasteiger partial charge in [0.1, 0.15) is 0 Å². The summed E-state index contributed by atoms with van der Waals surface area (Å²) >= 11 is 0. The highest BCUT2D eigenvalue weighted by molar-refractivity contribution is 5.97. The Bertz CT molecular complexity index is 2160. The van der Waals surface area contributed by atoms with Crippen LogP contribution in [0.4, 0.5) is 0 Å². The molecular formula is C45H34. The first-order valence-electron chi connectivity index (χ1n) is 15.8. The van der Waals surface area contributed by atoms with Gasteiger partial charge in [0.15, 0.2) is 0 Å². The van der Waals surface area contributed by atoms with Gasteiger partial charge in [0, 0.05) is 0 Å². The van der Waals surface area contributed by atoms with Crippen molar-refractivity contribution in [2.24, 2.45) is 0 Å². The van der Waals surface area contributed by atoms with Gasteiger partial charge in [-0.1, -0.05) is 164 Å². The molecule has 0 amide bonds. The minimum atomic E-state index is -0.529. The number of rotatable bonds is 5. The summed E-state index contributed by atoms with van der Waals surface area (Å²) in [6.07, 6.45) is 0. The highest BCUT2D eigenvalue weighted by Crippen LogP contribution is 2.60. The minimum absolute atomic E-state index is 0.529. The molecule has 0 fully saturated rings. The molecule has 0 aromatic heterocycles. The Balaban J connectivity index is 1.53. The van der Waals surface area contributed by atoms with Gasteiger partial charge < -0.3 is 0 Å². The van der Waals surface area contributed by atoms with Gasteiger partial charge in [-0.25, -0.2) is 0 Å². The van der Waals surface area contributed by atoms with E-state index in [0.717, 1.165) is 0 Å². The van der Waals surface area contributed by atoms with E-state index in [0.29, 0.717) is 0 Å². The largest absolute Gasteiger partial charge is 0.0719 e. The number of hydrogen-bond donors (Lipinski definition) is 0. The van der Waals surface area contributed by atoms with Crippen LogP contribution in [0.25, 0.3) is 44.5 Å². The van der Waals surface area contributed by atoms with E-state index in [9.17, 15) is 0 Å².